The number of rotatable bonds is 6. The van der Waals surface area contributed by atoms with Gasteiger partial charge in [0.1, 0.15) is 5.82 Å². The van der Waals surface area contributed by atoms with E-state index in [0.29, 0.717) is 44.8 Å². The summed E-state index contributed by atoms with van der Waals surface area (Å²) in [6, 6.07) is 10.7. The summed E-state index contributed by atoms with van der Waals surface area (Å²) in [6.07, 6.45) is 5.83. The molecule has 0 bridgehead atoms. The lowest BCUT2D eigenvalue weighted by Crippen LogP contribution is -2.64. The smallest absolute Gasteiger partial charge is 0.231 e. The Bertz CT molecular complexity index is 802. The molecule has 0 saturated carbocycles. The minimum atomic E-state index is -0.522. The Morgan fingerprint density at radius 3 is 2.64 bits per heavy atom. The van der Waals surface area contributed by atoms with Crippen molar-refractivity contribution in [2.75, 3.05) is 26.2 Å². The predicted octanol–water partition coefficient (Wildman–Crippen LogP) is 2.56. The van der Waals surface area contributed by atoms with E-state index in [1.165, 1.54) is 6.07 Å². The Hall–Kier alpha value is -2.31. The van der Waals surface area contributed by atoms with Gasteiger partial charge in [0.25, 0.3) is 0 Å². The molecule has 6 heteroatoms. The number of nitrogens with zero attached hydrogens (tertiary/aromatic N) is 2. The van der Waals surface area contributed by atoms with Gasteiger partial charge in [-0.05, 0) is 42.5 Å². The van der Waals surface area contributed by atoms with Gasteiger partial charge in [-0.25, -0.2) is 4.39 Å². The maximum Gasteiger partial charge on any atom is 0.231 e. The zero-order chi connectivity index (χ0) is 19.4. The molecule has 5 nitrogen and oxygen atoms in total. The molecule has 1 amide bonds. The lowest BCUT2D eigenvalue weighted by Gasteiger charge is -2.45. The van der Waals surface area contributed by atoms with Crippen molar-refractivity contribution in [3.05, 3.63) is 65.7 Å². The lowest BCUT2D eigenvalue weighted by atomic mass is 9.74. The predicted molar refractivity (Wildman–Crippen MR) is 104 cm³/mol. The fourth-order valence-corrected chi connectivity index (χ4v) is 4.04. The zero-order valence-electron chi connectivity index (χ0n) is 15.9. The van der Waals surface area contributed by atoms with Crippen molar-refractivity contribution in [2.24, 2.45) is 5.41 Å². The van der Waals surface area contributed by atoms with Crippen LogP contribution < -0.4 is 5.32 Å². The Labute approximate surface area is 164 Å². The molecular weight excluding hydrogens is 357 g/mol. The number of hydrogen-bond donors (Lipinski definition) is 1. The number of piperidine rings is 1. The standard InChI is InChI=1S/C22H26FN3O2/c23-20-6-2-1-5-18(20)12-22(15-25-16-22)21(27)26-10-7-19(8-11-26)28-14-17-4-3-9-24-13-17/h1-6,9,13,19,25H,7-8,10-12,14-16H2. The van der Waals surface area contributed by atoms with Gasteiger partial charge in [0.15, 0.2) is 0 Å². The highest BCUT2D eigenvalue weighted by Crippen LogP contribution is 2.32. The number of ether oxygens (including phenoxy) is 1. The van der Waals surface area contributed by atoms with Crippen molar-refractivity contribution in [3.8, 4) is 0 Å². The van der Waals surface area contributed by atoms with E-state index in [9.17, 15) is 9.18 Å². The monoisotopic (exact) mass is 383 g/mol. The summed E-state index contributed by atoms with van der Waals surface area (Å²) in [6.45, 7) is 3.15. The van der Waals surface area contributed by atoms with Crippen molar-refractivity contribution in [3.63, 3.8) is 0 Å². The fourth-order valence-electron chi connectivity index (χ4n) is 4.04. The first-order valence-corrected chi connectivity index (χ1v) is 9.90. The van der Waals surface area contributed by atoms with E-state index in [1.54, 1.807) is 18.3 Å². The molecule has 2 fully saturated rings. The van der Waals surface area contributed by atoms with Crippen LogP contribution in [0.2, 0.25) is 0 Å². The molecule has 1 aromatic heterocycles. The molecule has 148 valence electrons. The third-order valence-corrected chi connectivity index (χ3v) is 5.80. The van der Waals surface area contributed by atoms with Crippen molar-refractivity contribution in [2.45, 2.75) is 32.0 Å². The molecule has 0 aliphatic carbocycles. The third kappa shape index (κ3) is 4.08. The van der Waals surface area contributed by atoms with E-state index < -0.39 is 5.41 Å². The number of nitrogens with one attached hydrogen (secondary N) is 1. The first-order valence-electron chi connectivity index (χ1n) is 9.90. The zero-order valence-corrected chi connectivity index (χ0v) is 15.9. The average Bonchev–Trinajstić information content (AvgIpc) is 2.71. The molecule has 1 aromatic carbocycles. The largest absolute Gasteiger partial charge is 0.373 e. The summed E-state index contributed by atoms with van der Waals surface area (Å²) >= 11 is 0. The number of pyridine rings is 1. The van der Waals surface area contributed by atoms with Gasteiger partial charge in [-0.3, -0.25) is 9.78 Å². The first kappa shape index (κ1) is 19.0. The molecule has 0 radical (unpaired) electrons. The van der Waals surface area contributed by atoms with Crippen LogP contribution in [0.15, 0.2) is 48.8 Å². The van der Waals surface area contributed by atoms with Gasteiger partial charge in [0.05, 0.1) is 18.1 Å². The molecule has 0 spiro atoms. The third-order valence-electron chi connectivity index (χ3n) is 5.80. The second-order valence-electron chi connectivity index (χ2n) is 7.82. The molecule has 2 aromatic rings. The quantitative estimate of drug-likeness (QED) is 0.833. The maximum absolute atomic E-state index is 14.1. The molecule has 2 aliphatic heterocycles. The minimum absolute atomic E-state index is 0.139. The van der Waals surface area contributed by atoms with E-state index in [1.807, 2.05) is 29.3 Å². The van der Waals surface area contributed by atoms with Crippen LogP contribution in [-0.4, -0.2) is 48.1 Å². The van der Waals surface area contributed by atoms with Gasteiger partial charge in [-0.2, -0.15) is 0 Å². The number of carbonyl (C=O) groups excluding carboxylic acids is 1. The van der Waals surface area contributed by atoms with Gasteiger partial charge in [0, 0.05) is 38.6 Å². The fraction of sp³-hybridized carbons (Fsp3) is 0.455. The second kappa shape index (κ2) is 8.37. The normalized spacial score (nSPS) is 19.2. The summed E-state index contributed by atoms with van der Waals surface area (Å²) in [4.78, 5) is 19.3. The Morgan fingerprint density at radius 1 is 1.21 bits per heavy atom. The molecule has 2 saturated heterocycles. The van der Waals surface area contributed by atoms with Crippen molar-refractivity contribution >= 4 is 5.91 Å². The van der Waals surface area contributed by atoms with Crippen LogP contribution in [-0.2, 0) is 22.6 Å². The van der Waals surface area contributed by atoms with Crippen LogP contribution >= 0.6 is 0 Å². The van der Waals surface area contributed by atoms with Crippen LogP contribution in [0.3, 0.4) is 0 Å². The van der Waals surface area contributed by atoms with E-state index in [-0.39, 0.29) is 17.8 Å². The van der Waals surface area contributed by atoms with Gasteiger partial charge in [-0.1, -0.05) is 24.3 Å². The van der Waals surface area contributed by atoms with E-state index in [0.717, 1.165) is 18.4 Å². The van der Waals surface area contributed by atoms with Crippen LogP contribution in [0.1, 0.15) is 24.0 Å². The second-order valence-corrected chi connectivity index (χ2v) is 7.82. The van der Waals surface area contributed by atoms with Crippen molar-refractivity contribution in [1.82, 2.24) is 15.2 Å². The number of halogens is 1. The Balaban J connectivity index is 1.32. The molecule has 0 unspecified atom stereocenters. The average molecular weight is 383 g/mol. The summed E-state index contributed by atoms with van der Waals surface area (Å²) in [5, 5.41) is 3.21. The van der Waals surface area contributed by atoms with E-state index >= 15 is 0 Å². The summed E-state index contributed by atoms with van der Waals surface area (Å²) in [5.74, 6) is -0.0932. The molecular formula is C22H26FN3O2. The molecule has 1 N–H and O–H groups in total. The highest BCUT2D eigenvalue weighted by Gasteiger charge is 2.47. The molecule has 0 atom stereocenters. The number of likely N-dealkylation sites (tertiary alicyclic amines) is 1. The van der Waals surface area contributed by atoms with E-state index in [2.05, 4.69) is 10.3 Å². The lowest BCUT2D eigenvalue weighted by molar-refractivity contribution is -0.148. The van der Waals surface area contributed by atoms with Crippen LogP contribution in [0.4, 0.5) is 4.39 Å². The summed E-state index contributed by atoms with van der Waals surface area (Å²) in [5.41, 5.74) is 1.16. The van der Waals surface area contributed by atoms with Gasteiger partial charge < -0.3 is 15.0 Å². The van der Waals surface area contributed by atoms with Crippen LogP contribution in [0, 0.1) is 11.2 Å². The van der Waals surface area contributed by atoms with Crippen LogP contribution in [0.5, 0.6) is 0 Å². The topological polar surface area (TPSA) is 54.5 Å². The number of aromatic nitrogens is 1. The SMILES string of the molecule is O=C(N1CCC(OCc2cccnc2)CC1)C1(Cc2ccccc2F)CNC1. The first-order chi connectivity index (χ1) is 13.7. The number of carbonyl (C=O) groups is 1. The number of amides is 1. The highest BCUT2D eigenvalue weighted by atomic mass is 19.1. The minimum Gasteiger partial charge on any atom is -0.373 e. The van der Waals surface area contributed by atoms with Gasteiger partial charge in [-0.15, -0.1) is 0 Å². The maximum atomic E-state index is 14.1. The summed E-state index contributed by atoms with van der Waals surface area (Å²) < 4.78 is 20.1. The highest BCUT2D eigenvalue weighted by molar-refractivity contribution is 5.85. The number of benzene rings is 1. The Morgan fingerprint density at radius 2 is 2.00 bits per heavy atom. The van der Waals surface area contributed by atoms with Crippen molar-refractivity contribution in [1.29, 1.82) is 0 Å². The van der Waals surface area contributed by atoms with Gasteiger partial charge in [0.2, 0.25) is 5.91 Å². The Kier molecular flexibility index (Phi) is 5.69. The molecule has 2 aliphatic rings. The van der Waals surface area contributed by atoms with Gasteiger partial charge >= 0.3 is 0 Å². The molecule has 28 heavy (non-hydrogen) atoms. The van der Waals surface area contributed by atoms with Crippen LogP contribution in [0.25, 0.3) is 0 Å². The number of hydrogen-bond acceptors (Lipinski definition) is 4. The molecule has 4 rings (SSSR count). The van der Waals surface area contributed by atoms with E-state index in [4.69, 9.17) is 4.74 Å². The molecule has 3 heterocycles. The summed E-state index contributed by atoms with van der Waals surface area (Å²) in [7, 11) is 0. The van der Waals surface area contributed by atoms with Crippen molar-refractivity contribution < 1.29 is 13.9 Å².